The molecule has 1 amide bonds. The highest BCUT2D eigenvalue weighted by molar-refractivity contribution is 5.79. The van der Waals surface area contributed by atoms with E-state index in [1.807, 2.05) is 12.3 Å². The lowest BCUT2D eigenvalue weighted by Gasteiger charge is -2.26. The first-order chi connectivity index (χ1) is 8.59. The van der Waals surface area contributed by atoms with Gasteiger partial charge in [-0.05, 0) is 24.6 Å². The van der Waals surface area contributed by atoms with E-state index in [-0.39, 0.29) is 17.2 Å². The Labute approximate surface area is 108 Å². The Balaban J connectivity index is 1.90. The SMILES string of the molecule is CC(C)(CNC(=O)C1CCNC1)c1cccnc1. The number of nitrogens with one attached hydrogen (secondary N) is 2. The average molecular weight is 247 g/mol. The molecule has 2 heterocycles. The third-order valence-electron chi connectivity index (χ3n) is 3.58. The molecule has 1 saturated heterocycles. The van der Waals surface area contributed by atoms with Crippen LogP contribution in [0.3, 0.4) is 0 Å². The van der Waals surface area contributed by atoms with E-state index in [0.717, 1.165) is 25.1 Å². The van der Waals surface area contributed by atoms with Gasteiger partial charge in [-0.3, -0.25) is 9.78 Å². The average Bonchev–Trinajstić information content (AvgIpc) is 2.91. The van der Waals surface area contributed by atoms with Crippen LogP contribution in [0.15, 0.2) is 24.5 Å². The molecule has 1 aliphatic heterocycles. The van der Waals surface area contributed by atoms with E-state index in [0.29, 0.717) is 6.54 Å². The Morgan fingerprint density at radius 2 is 2.44 bits per heavy atom. The second-order valence-electron chi connectivity index (χ2n) is 5.53. The molecule has 4 heteroatoms. The molecule has 0 radical (unpaired) electrons. The summed E-state index contributed by atoms with van der Waals surface area (Å²) in [6, 6.07) is 3.98. The fourth-order valence-electron chi connectivity index (χ4n) is 2.20. The third kappa shape index (κ3) is 3.07. The van der Waals surface area contributed by atoms with Crippen molar-refractivity contribution in [2.45, 2.75) is 25.7 Å². The number of aromatic nitrogens is 1. The van der Waals surface area contributed by atoms with E-state index in [9.17, 15) is 4.79 Å². The van der Waals surface area contributed by atoms with Gasteiger partial charge in [0.15, 0.2) is 0 Å². The van der Waals surface area contributed by atoms with Crippen LogP contribution in [-0.4, -0.2) is 30.5 Å². The minimum absolute atomic E-state index is 0.0873. The fraction of sp³-hybridized carbons (Fsp3) is 0.571. The number of rotatable bonds is 4. The molecule has 98 valence electrons. The highest BCUT2D eigenvalue weighted by Crippen LogP contribution is 2.21. The molecule has 1 unspecified atom stereocenters. The summed E-state index contributed by atoms with van der Waals surface area (Å²) in [6.07, 6.45) is 4.57. The molecule has 18 heavy (non-hydrogen) atoms. The van der Waals surface area contributed by atoms with Crippen molar-refractivity contribution in [3.63, 3.8) is 0 Å². The molecular formula is C14H21N3O. The summed E-state index contributed by atoms with van der Waals surface area (Å²) < 4.78 is 0. The molecule has 0 aliphatic carbocycles. The van der Waals surface area contributed by atoms with Crippen LogP contribution < -0.4 is 10.6 Å². The summed E-state index contributed by atoms with van der Waals surface area (Å²) in [6.45, 7) is 6.64. The highest BCUT2D eigenvalue weighted by atomic mass is 16.1. The van der Waals surface area contributed by atoms with Crippen LogP contribution in [0.25, 0.3) is 0 Å². The van der Waals surface area contributed by atoms with Gasteiger partial charge in [-0.2, -0.15) is 0 Å². The van der Waals surface area contributed by atoms with Crippen molar-refractivity contribution in [3.8, 4) is 0 Å². The zero-order valence-corrected chi connectivity index (χ0v) is 11.1. The van der Waals surface area contributed by atoms with Crippen molar-refractivity contribution in [2.75, 3.05) is 19.6 Å². The van der Waals surface area contributed by atoms with E-state index in [2.05, 4.69) is 35.5 Å². The van der Waals surface area contributed by atoms with Crippen LogP contribution in [0.2, 0.25) is 0 Å². The van der Waals surface area contributed by atoms with Crippen molar-refractivity contribution < 1.29 is 4.79 Å². The third-order valence-corrected chi connectivity index (χ3v) is 3.58. The summed E-state index contributed by atoms with van der Waals surface area (Å²) in [5.74, 6) is 0.298. The largest absolute Gasteiger partial charge is 0.355 e. The number of carbonyl (C=O) groups excluding carboxylic acids is 1. The number of pyridine rings is 1. The Bertz CT molecular complexity index is 397. The second kappa shape index (κ2) is 5.48. The molecule has 1 fully saturated rings. The summed E-state index contributed by atoms with van der Waals surface area (Å²) in [5.41, 5.74) is 1.06. The summed E-state index contributed by atoms with van der Waals surface area (Å²) in [4.78, 5) is 16.1. The molecular weight excluding hydrogens is 226 g/mol. The molecule has 2 N–H and O–H groups in total. The monoisotopic (exact) mass is 247 g/mol. The van der Waals surface area contributed by atoms with E-state index in [1.165, 1.54) is 0 Å². The molecule has 4 nitrogen and oxygen atoms in total. The number of hydrogen-bond acceptors (Lipinski definition) is 3. The minimum Gasteiger partial charge on any atom is -0.355 e. The Hall–Kier alpha value is -1.42. The van der Waals surface area contributed by atoms with Gasteiger partial charge in [0, 0.05) is 30.9 Å². The summed E-state index contributed by atoms with van der Waals surface area (Å²) in [5, 5.41) is 6.27. The molecule has 0 saturated carbocycles. The molecule has 1 aliphatic rings. The first-order valence-electron chi connectivity index (χ1n) is 6.48. The number of nitrogens with zero attached hydrogens (tertiary/aromatic N) is 1. The summed E-state index contributed by atoms with van der Waals surface area (Å²) in [7, 11) is 0. The van der Waals surface area contributed by atoms with Crippen molar-refractivity contribution >= 4 is 5.91 Å². The second-order valence-corrected chi connectivity index (χ2v) is 5.53. The number of hydrogen-bond donors (Lipinski definition) is 2. The zero-order chi connectivity index (χ0) is 13.0. The standard InChI is InChI=1S/C14H21N3O/c1-14(2,12-4-3-6-15-9-12)10-17-13(18)11-5-7-16-8-11/h3-4,6,9,11,16H,5,7-8,10H2,1-2H3,(H,17,18). The maximum atomic E-state index is 12.0. The first kappa shape index (κ1) is 13.0. The van der Waals surface area contributed by atoms with Gasteiger partial charge in [-0.1, -0.05) is 19.9 Å². The van der Waals surface area contributed by atoms with Gasteiger partial charge in [0.1, 0.15) is 0 Å². The maximum Gasteiger partial charge on any atom is 0.224 e. The van der Waals surface area contributed by atoms with Crippen molar-refractivity contribution in [1.82, 2.24) is 15.6 Å². The van der Waals surface area contributed by atoms with E-state index in [1.54, 1.807) is 6.20 Å². The van der Waals surface area contributed by atoms with Crippen molar-refractivity contribution in [1.29, 1.82) is 0 Å². The van der Waals surface area contributed by atoms with Crippen LogP contribution in [0, 0.1) is 5.92 Å². The lowest BCUT2D eigenvalue weighted by Crippen LogP contribution is -2.40. The normalized spacial score (nSPS) is 19.8. The van der Waals surface area contributed by atoms with Crippen LogP contribution in [0.4, 0.5) is 0 Å². The molecule has 0 spiro atoms. The number of carbonyl (C=O) groups is 1. The van der Waals surface area contributed by atoms with Gasteiger partial charge in [0.05, 0.1) is 5.92 Å². The molecule has 0 bridgehead atoms. The van der Waals surface area contributed by atoms with Gasteiger partial charge >= 0.3 is 0 Å². The van der Waals surface area contributed by atoms with Crippen LogP contribution in [0.5, 0.6) is 0 Å². The van der Waals surface area contributed by atoms with E-state index in [4.69, 9.17) is 0 Å². The molecule has 0 aromatic carbocycles. The predicted octanol–water partition coefficient (Wildman–Crippen LogP) is 1.08. The zero-order valence-electron chi connectivity index (χ0n) is 11.1. The van der Waals surface area contributed by atoms with Crippen LogP contribution in [-0.2, 0) is 10.2 Å². The van der Waals surface area contributed by atoms with Crippen LogP contribution >= 0.6 is 0 Å². The Morgan fingerprint density at radius 3 is 3.06 bits per heavy atom. The number of amides is 1. The van der Waals surface area contributed by atoms with Crippen molar-refractivity contribution in [3.05, 3.63) is 30.1 Å². The topological polar surface area (TPSA) is 54.0 Å². The quantitative estimate of drug-likeness (QED) is 0.837. The van der Waals surface area contributed by atoms with Gasteiger partial charge in [0.2, 0.25) is 5.91 Å². The van der Waals surface area contributed by atoms with Gasteiger partial charge < -0.3 is 10.6 Å². The Kier molecular flexibility index (Phi) is 3.97. The van der Waals surface area contributed by atoms with Gasteiger partial charge in [-0.15, -0.1) is 0 Å². The van der Waals surface area contributed by atoms with E-state index < -0.39 is 0 Å². The summed E-state index contributed by atoms with van der Waals surface area (Å²) >= 11 is 0. The molecule has 1 aromatic heterocycles. The predicted molar refractivity (Wildman–Crippen MR) is 71.2 cm³/mol. The minimum atomic E-state index is -0.0873. The fourth-order valence-corrected chi connectivity index (χ4v) is 2.20. The Morgan fingerprint density at radius 1 is 1.61 bits per heavy atom. The molecule has 1 aromatic rings. The highest BCUT2D eigenvalue weighted by Gasteiger charge is 2.26. The van der Waals surface area contributed by atoms with Gasteiger partial charge in [0.25, 0.3) is 0 Å². The van der Waals surface area contributed by atoms with Crippen LogP contribution in [0.1, 0.15) is 25.8 Å². The lowest BCUT2D eigenvalue weighted by molar-refractivity contribution is -0.124. The van der Waals surface area contributed by atoms with Crippen molar-refractivity contribution in [2.24, 2.45) is 5.92 Å². The van der Waals surface area contributed by atoms with Gasteiger partial charge in [-0.25, -0.2) is 0 Å². The molecule has 2 rings (SSSR count). The molecule has 1 atom stereocenters. The lowest BCUT2D eigenvalue weighted by atomic mass is 9.85. The van der Waals surface area contributed by atoms with E-state index >= 15 is 0 Å². The maximum absolute atomic E-state index is 12.0. The first-order valence-corrected chi connectivity index (χ1v) is 6.48. The smallest absolute Gasteiger partial charge is 0.224 e.